The summed E-state index contributed by atoms with van der Waals surface area (Å²) in [6, 6.07) is 0. The lowest BCUT2D eigenvalue weighted by molar-refractivity contribution is -0.213. The topological polar surface area (TPSA) is 88.1 Å². The van der Waals surface area contributed by atoms with E-state index in [0.29, 0.717) is 0 Å². The summed E-state index contributed by atoms with van der Waals surface area (Å²) < 4.78 is 20.3. The van der Waals surface area contributed by atoms with Crippen LogP contribution in [0.2, 0.25) is 0 Å². The molecule has 19 heavy (non-hydrogen) atoms. The summed E-state index contributed by atoms with van der Waals surface area (Å²) in [5, 5.41) is 0. The Balaban J connectivity index is 2.89. The molecule has 0 saturated carbocycles. The van der Waals surface area contributed by atoms with Crippen LogP contribution in [0, 0.1) is 0 Å². The summed E-state index contributed by atoms with van der Waals surface area (Å²) in [5.41, 5.74) is -0.764. The number of rotatable bonds is 3. The van der Waals surface area contributed by atoms with Crippen LogP contribution >= 0.6 is 12.6 Å². The highest BCUT2D eigenvalue weighted by molar-refractivity contribution is 7.80. The molecular weight excluding hydrogens is 276 g/mol. The molecule has 0 aliphatic carbocycles. The van der Waals surface area contributed by atoms with Crippen LogP contribution in [0.25, 0.3) is 0 Å². The number of hydrogen-bond acceptors (Lipinski definition) is 8. The van der Waals surface area contributed by atoms with Gasteiger partial charge in [0.25, 0.3) is 0 Å². The van der Waals surface area contributed by atoms with Gasteiger partial charge in [0.15, 0.2) is 18.3 Å². The normalized spacial score (nSPS) is 30.3. The molecule has 0 bridgehead atoms. The Labute approximate surface area is 115 Å². The molecule has 1 aliphatic rings. The van der Waals surface area contributed by atoms with E-state index in [4.69, 9.17) is 18.9 Å². The fourth-order valence-corrected chi connectivity index (χ4v) is 2.04. The summed E-state index contributed by atoms with van der Waals surface area (Å²) >= 11 is 4.11. The Morgan fingerprint density at radius 1 is 0.947 bits per heavy atom. The van der Waals surface area contributed by atoms with E-state index in [1.165, 1.54) is 20.8 Å². The second-order valence-electron chi connectivity index (χ2n) is 4.02. The van der Waals surface area contributed by atoms with Gasteiger partial charge >= 0.3 is 17.9 Å². The second kappa shape index (κ2) is 6.76. The van der Waals surface area contributed by atoms with E-state index in [1.54, 1.807) is 0 Å². The second-order valence-corrected chi connectivity index (χ2v) is 4.53. The summed E-state index contributed by atoms with van der Waals surface area (Å²) in [7, 11) is 0. The van der Waals surface area contributed by atoms with Gasteiger partial charge in [-0.1, -0.05) is 0 Å². The minimum absolute atomic E-state index is 0.00343. The highest BCUT2D eigenvalue weighted by Crippen LogP contribution is 2.26. The molecule has 0 aromatic rings. The highest BCUT2D eigenvalue weighted by Gasteiger charge is 2.45. The van der Waals surface area contributed by atoms with Gasteiger partial charge in [0, 0.05) is 20.8 Å². The van der Waals surface area contributed by atoms with Gasteiger partial charge in [-0.3, -0.25) is 14.4 Å². The number of thiol groups is 1. The molecule has 0 aromatic heterocycles. The quantitative estimate of drug-likeness (QED) is 0.447. The van der Waals surface area contributed by atoms with Crippen LogP contribution in [-0.4, -0.2) is 48.3 Å². The van der Waals surface area contributed by atoms with Crippen molar-refractivity contribution in [2.75, 3.05) is 6.61 Å². The first-order valence-corrected chi connectivity index (χ1v) is 6.14. The van der Waals surface area contributed by atoms with Crippen LogP contribution in [-0.2, 0) is 33.3 Å². The maximum absolute atomic E-state index is 11.1. The van der Waals surface area contributed by atoms with Gasteiger partial charge in [-0.2, -0.15) is 0 Å². The Bertz CT molecular complexity index is 370. The molecule has 1 fully saturated rings. The van der Waals surface area contributed by atoms with Gasteiger partial charge < -0.3 is 18.9 Å². The molecule has 1 rings (SSSR count). The van der Waals surface area contributed by atoms with E-state index in [0.717, 1.165) is 0 Å². The van der Waals surface area contributed by atoms with Crippen molar-refractivity contribution >= 4 is 30.5 Å². The van der Waals surface area contributed by atoms with E-state index < -0.39 is 41.7 Å². The first-order chi connectivity index (χ1) is 8.81. The maximum atomic E-state index is 11.1. The molecule has 108 valence electrons. The third-order valence-corrected chi connectivity index (χ3v) is 2.77. The molecule has 4 atom stereocenters. The van der Waals surface area contributed by atoms with Gasteiger partial charge in [-0.05, 0) is 0 Å². The standard InChI is InChI=1S/C11H16O7S/c1-5(12)16-8-4-15-11(19)10(18-7(3)14)9(8)17-6(2)13/h8-11,19H,4H2,1-3H3/t8-,9-,10+,11-/m1/s1. The fraction of sp³-hybridized carbons (Fsp3) is 0.727. The Kier molecular flexibility index (Phi) is 5.61. The maximum Gasteiger partial charge on any atom is 0.303 e. The number of hydrogen-bond donors (Lipinski definition) is 1. The van der Waals surface area contributed by atoms with E-state index in [2.05, 4.69) is 12.6 Å². The molecular formula is C11H16O7S. The lowest BCUT2D eigenvalue weighted by Crippen LogP contribution is -2.55. The average molecular weight is 292 g/mol. The molecule has 0 aromatic carbocycles. The minimum atomic E-state index is -0.943. The summed E-state index contributed by atoms with van der Waals surface area (Å²) in [6.45, 7) is 3.64. The largest absolute Gasteiger partial charge is 0.456 e. The SMILES string of the molecule is CC(=O)O[C@H]1[C@H](OC(C)=O)[C@H](OC(C)=O)CO[C@@H]1S. The van der Waals surface area contributed by atoms with Crippen LogP contribution in [0.5, 0.6) is 0 Å². The van der Waals surface area contributed by atoms with Gasteiger partial charge in [0.1, 0.15) is 5.44 Å². The average Bonchev–Trinajstić information content (AvgIpc) is 2.25. The fourth-order valence-electron chi connectivity index (χ4n) is 1.72. The molecule has 1 aliphatic heterocycles. The van der Waals surface area contributed by atoms with Gasteiger partial charge in [-0.25, -0.2) is 0 Å². The zero-order valence-corrected chi connectivity index (χ0v) is 11.7. The third kappa shape index (κ3) is 4.71. The predicted molar refractivity (Wildman–Crippen MR) is 65.4 cm³/mol. The van der Waals surface area contributed by atoms with Crippen molar-refractivity contribution in [3.8, 4) is 0 Å². The van der Waals surface area contributed by atoms with Crippen molar-refractivity contribution in [3.05, 3.63) is 0 Å². The lowest BCUT2D eigenvalue weighted by Gasteiger charge is -2.38. The molecule has 0 N–H and O–H groups in total. The van der Waals surface area contributed by atoms with E-state index >= 15 is 0 Å². The smallest absolute Gasteiger partial charge is 0.303 e. The van der Waals surface area contributed by atoms with Crippen molar-refractivity contribution in [2.45, 2.75) is 44.5 Å². The number of carbonyl (C=O) groups is 3. The van der Waals surface area contributed by atoms with E-state index in [1.807, 2.05) is 0 Å². The molecule has 0 radical (unpaired) electrons. The Hall–Kier alpha value is -1.28. The molecule has 8 heteroatoms. The van der Waals surface area contributed by atoms with Crippen LogP contribution in [0.15, 0.2) is 0 Å². The van der Waals surface area contributed by atoms with Crippen molar-refractivity contribution in [1.29, 1.82) is 0 Å². The summed E-state index contributed by atoms with van der Waals surface area (Å²) in [4.78, 5) is 33.2. The number of ether oxygens (including phenoxy) is 4. The van der Waals surface area contributed by atoms with Crippen molar-refractivity contribution < 1.29 is 33.3 Å². The Morgan fingerprint density at radius 2 is 1.42 bits per heavy atom. The van der Waals surface area contributed by atoms with Crippen LogP contribution in [0.1, 0.15) is 20.8 Å². The zero-order chi connectivity index (χ0) is 14.6. The Morgan fingerprint density at radius 3 is 1.89 bits per heavy atom. The van der Waals surface area contributed by atoms with Crippen molar-refractivity contribution in [3.63, 3.8) is 0 Å². The van der Waals surface area contributed by atoms with E-state index in [-0.39, 0.29) is 6.61 Å². The molecule has 1 saturated heterocycles. The first-order valence-electron chi connectivity index (χ1n) is 5.62. The zero-order valence-electron chi connectivity index (χ0n) is 10.8. The predicted octanol–water partition coefficient (Wildman–Crippen LogP) is 0.0676. The monoisotopic (exact) mass is 292 g/mol. The third-order valence-electron chi connectivity index (χ3n) is 2.32. The van der Waals surface area contributed by atoms with Crippen molar-refractivity contribution in [1.82, 2.24) is 0 Å². The lowest BCUT2D eigenvalue weighted by atomic mass is 10.1. The van der Waals surface area contributed by atoms with Gasteiger partial charge in [0.2, 0.25) is 0 Å². The number of carbonyl (C=O) groups excluding carboxylic acids is 3. The van der Waals surface area contributed by atoms with Crippen LogP contribution in [0.3, 0.4) is 0 Å². The molecule has 1 heterocycles. The van der Waals surface area contributed by atoms with E-state index in [9.17, 15) is 14.4 Å². The first kappa shape index (κ1) is 15.8. The van der Waals surface area contributed by atoms with Crippen LogP contribution in [0.4, 0.5) is 0 Å². The number of esters is 3. The highest BCUT2D eigenvalue weighted by atomic mass is 32.1. The molecule has 0 amide bonds. The molecule has 0 spiro atoms. The summed E-state index contributed by atoms with van der Waals surface area (Å²) in [6.07, 6.45) is -2.72. The molecule has 7 nitrogen and oxygen atoms in total. The molecule has 0 unspecified atom stereocenters. The summed E-state index contributed by atoms with van der Waals surface area (Å²) in [5.74, 6) is -1.71. The van der Waals surface area contributed by atoms with Crippen LogP contribution < -0.4 is 0 Å². The van der Waals surface area contributed by atoms with Gasteiger partial charge in [0.05, 0.1) is 6.61 Å². The van der Waals surface area contributed by atoms with Crippen molar-refractivity contribution in [2.24, 2.45) is 0 Å². The minimum Gasteiger partial charge on any atom is -0.456 e. The van der Waals surface area contributed by atoms with Gasteiger partial charge in [-0.15, -0.1) is 12.6 Å².